The Kier molecular flexibility index (Phi) is 7.15. The Hall–Kier alpha value is -1.97. The summed E-state index contributed by atoms with van der Waals surface area (Å²) >= 11 is 5.74. The zero-order chi connectivity index (χ0) is 21.9. The number of rotatable bonds is 7. The summed E-state index contributed by atoms with van der Waals surface area (Å²) in [6.07, 6.45) is 1.68. The fourth-order valence-electron chi connectivity index (χ4n) is 3.62. The first-order valence-corrected chi connectivity index (χ1v) is 11.0. The quantitative estimate of drug-likeness (QED) is 0.676. The third-order valence-corrected chi connectivity index (χ3v) is 5.47. The maximum absolute atomic E-state index is 12.2. The number of carbonyl (C=O) groups is 1. The summed E-state index contributed by atoms with van der Waals surface area (Å²) in [5, 5.41) is 7.84. The van der Waals surface area contributed by atoms with E-state index in [1.54, 1.807) is 6.26 Å². The van der Waals surface area contributed by atoms with Gasteiger partial charge in [0.1, 0.15) is 11.6 Å². The lowest BCUT2D eigenvalue weighted by Gasteiger charge is -2.34. The van der Waals surface area contributed by atoms with E-state index in [0.29, 0.717) is 24.5 Å². The van der Waals surface area contributed by atoms with Gasteiger partial charge in [-0.3, -0.25) is 19.2 Å². The van der Waals surface area contributed by atoms with Gasteiger partial charge < -0.3 is 9.73 Å². The van der Waals surface area contributed by atoms with Crippen LogP contribution in [0.5, 0.6) is 0 Å². The number of piperazine rings is 1. The molecule has 9 heteroatoms. The molecular formula is C21H34N6O2S. The maximum atomic E-state index is 12.2. The van der Waals surface area contributed by atoms with Crippen molar-refractivity contribution in [2.24, 2.45) is 0 Å². The third-order valence-electron chi connectivity index (χ3n) is 5.04. The van der Waals surface area contributed by atoms with Crippen LogP contribution in [0.1, 0.15) is 52.1 Å². The van der Waals surface area contributed by atoms with Gasteiger partial charge in [-0.05, 0) is 45.1 Å². The Labute approximate surface area is 183 Å². The molecule has 1 amide bonds. The zero-order valence-electron chi connectivity index (χ0n) is 18.7. The molecule has 2 aromatic rings. The fourth-order valence-corrected chi connectivity index (χ4v) is 3.88. The molecule has 3 heterocycles. The van der Waals surface area contributed by atoms with E-state index in [1.165, 1.54) is 0 Å². The normalized spacial score (nSPS) is 16.3. The fraction of sp³-hybridized carbons (Fsp3) is 0.667. The predicted octanol–water partition coefficient (Wildman–Crippen LogP) is 2.67. The van der Waals surface area contributed by atoms with Crippen molar-refractivity contribution in [3.63, 3.8) is 0 Å². The number of hydrogen-bond donors (Lipinski definition) is 1. The van der Waals surface area contributed by atoms with Gasteiger partial charge in [-0.25, -0.2) is 4.68 Å². The van der Waals surface area contributed by atoms with Crippen LogP contribution in [0.25, 0.3) is 0 Å². The van der Waals surface area contributed by atoms with E-state index in [2.05, 4.69) is 33.5 Å². The van der Waals surface area contributed by atoms with Gasteiger partial charge in [0.25, 0.3) is 0 Å². The van der Waals surface area contributed by atoms with Gasteiger partial charge in [0.15, 0.2) is 4.77 Å². The standard InChI is InChI=1S/C21H34N6O2S/c1-16(2)19-23-27(20(30)26(19)13-17-7-6-12-29-17)15-25-10-8-24(9-11-25)14-18(28)22-21(3,4)5/h6-7,12,16H,8-11,13-15H2,1-5H3,(H,22,28). The highest BCUT2D eigenvalue weighted by molar-refractivity contribution is 7.71. The minimum absolute atomic E-state index is 0.0800. The van der Waals surface area contributed by atoms with Gasteiger partial charge in [0.05, 0.1) is 26.0 Å². The summed E-state index contributed by atoms with van der Waals surface area (Å²) in [5.74, 6) is 2.18. The Morgan fingerprint density at radius 3 is 2.47 bits per heavy atom. The Bertz CT molecular complexity index is 886. The molecule has 30 heavy (non-hydrogen) atoms. The van der Waals surface area contributed by atoms with E-state index >= 15 is 0 Å². The zero-order valence-corrected chi connectivity index (χ0v) is 19.5. The van der Waals surface area contributed by atoms with Gasteiger partial charge in [-0.15, -0.1) is 0 Å². The van der Waals surface area contributed by atoms with Gasteiger partial charge in [-0.2, -0.15) is 5.10 Å². The van der Waals surface area contributed by atoms with Crippen molar-refractivity contribution in [2.45, 2.75) is 59.3 Å². The number of furan rings is 1. The average molecular weight is 435 g/mol. The van der Waals surface area contributed by atoms with E-state index in [9.17, 15) is 4.79 Å². The molecule has 2 aromatic heterocycles. The van der Waals surface area contributed by atoms with Gasteiger partial charge in [-0.1, -0.05) is 13.8 Å². The van der Waals surface area contributed by atoms with Crippen LogP contribution >= 0.6 is 12.2 Å². The molecule has 0 atom stereocenters. The molecule has 3 rings (SSSR count). The van der Waals surface area contributed by atoms with Gasteiger partial charge in [0.2, 0.25) is 5.91 Å². The van der Waals surface area contributed by atoms with Crippen LogP contribution in [0.2, 0.25) is 0 Å². The summed E-state index contributed by atoms with van der Waals surface area (Å²) in [7, 11) is 0. The SMILES string of the molecule is CC(C)c1nn(CN2CCN(CC(=O)NC(C)(C)C)CC2)c(=S)n1Cc1ccco1. The summed E-state index contributed by atoms with van der Waals surface area (Å²) < 4.78 is 10.2. The molecule has 166 valence electrons. The van der Waals surface area contributed by atoms with Crippen LogP contribution in [-0.4, -0.2) is 68.3 Å². The van der Waals surface area contributed by atoms with E-state index in [4.69, 9.17) is 21.7 Å². The highest BCUT2D eigenvalue weighted by Gasteiger charge is 2.23. The molecule has 0 bridgehead atoms. The van der Waals surface area contributed by atoms with E-state index < -0.39 is 0 Å². The first kappa shape index (κ1) is 22.7. The second-order valence-corrected chi connectivity index (χ2v) is 9.66. The van der Waals surface area contributed by atoms with Gasteiger partial charge in [0, 0.05) is 37.6 Å². The van der Waals surface area contributed by atoms with Crippen LogP contribution in [0.3, 0.4) is 0 Å². The molecule has 1 aliphatic rings. The maximum Gasteiger partial charge on any atom is 0.234 e. The summed E-state index contributed by atoms with van der Waals surface area (Å²) in [5.41, 5.74) is -0.196. The second-order valence-electron chi connectivity index (χ2n) is 9.29. The van der Waals surface area contributed by atoms with Gasteiger partial charge >= 0.3 is 0 Å². The number of carbonyl (C=O) groups excluding carboxylic acids is 1. The molecule has 0 aromatic carbocycles. The second kappa shape index (κ2) is 9.45. The predicted molar refractivity (Wildman–Crippen MR) is 119 cm³/mol. The van der Waals surface area contributed by atoms with Crippen LogP contribution in [0, 0.1) is 4.77 Å². The minimum Gasteiger partial charge on any atom is -0.467 e. The molecular weight excluding hydrogens is 400 g/mol. The number of nitrogens with zero attached hydrogens (tertiary/aromatic N) is 5. The molecule has 0 unspecified atom stereocenters. The molecule has 0 spiro atoms. The van der Waals surface area contributed by atoms with E-state index in [-0.39, 0.29) is 17.4 Å². The van der Waals surface area contributed by atoms with Crippen molar-refractivity contribution in [3.05, 3.63) is 34.8 Å². The van der Waals surface area contributed by atoms with Crippen molar-refractivity contribution in [1.29, 1.82) is 0 Å². The van der Waals surface area contributed by atoms with Crippen molar-refractivity contribution < 1.29 is 9.21 Å². The van der Waals surface area contributed by atoms with Crippen molar-refractivity contribution in [3.8, 4) is 0 Å². The van der Waals surface area contributed by atoms with Crippen molar-refractivity contribution in [2.75, 3.05) is 32.7 Å². The molecule has 0 saturated carbocycles. The molecule has 1 saturated heterocycles. The monoisotopic (exact) mass is 434 g/mol. The van der Waals surface area contributed by atoms with Crippen molar-refractivity contribution in [1.82, 2.24) is 29.5 Å². The Morgan fingerprint density at radius 1 is 1.23 bits per heavy atom. The highest BCUT2D eigenvalue weighted by atomic mass is 32.1. The molecule has 1 aliphatic heterocycles. The molecule has 8 nitrogen and oxygen atoms in total. The first-order valence-electron chi connectivity index (χ1n) is 10.6. The topological polar surface area (TPSA) is 71.5 Å². The van der Waals surface area contributed by atoms with E-state index in [1.807, 2.05) is 37.6 Å². The van der Waals surface area contributed by atoms with E-state index in [0.717, 1.165) is 37.8 Å². The Balaban J connectivity index is 1.60. The summed E-state index contributed by atoms with van der Waals surface area (Å²) in [4.78, 5) is 16.7. The lowest BCUT2D eigenvalue weighted by atomic mass is 10.1. The largest absolute Gasteiger partial charge is 0.467 e. The summed E-state index contributed by atoms with van der Waals surface area (Å²) in [6.45, 7) is 15.4. The van der Waals surface area contributed by atoms with Crippen LogP contribution in [0.4, 0.5) is 0 Å². The lowest BCUT2D eigenvalue weighted by Crippen LogP contribution is -2.51. The smallest absolute Gasteiger partial charge is 0.234 e. The number of amides is 1. The number of aromatic nitrogens is 3. The third kappa shape index (κ3) is 6.02. The number of nitrogens with one attached hydrogen (secondary N) is 1. The molecule has 0 radical (unpaired) electrons. The van der Waals surface area contributed by atoms with Crippen LogP contribution in [-0.2, 0) is 18.0 Å². The highest BCUT2D eigenvalue weighted by Crippen LogP contribution is 2.17. The molecule has 1 N–H and O–H groups in total. The minimum atomic E-state index is -0.196. The van der Waals surface area contributed by atoms with Crippen LogP contribution < -0.4 is 5.32 Å². The Morgan fingerprint density at radius 2 is 1.90 bits per heavy atom. The van der Waals surface area contributed by atoms with Crippen LogP contribution in [0.15, 0.2) is 22.8 Å². The number of hydrogen-bond acceptors (Lipinski definition) is 6. The average Bonchev–Trinajstić information content (AvgIpc) is 3.25. The molecule has 0 aliphatic carbocycles. The lowest BCUT2D eigenvalue weighted by molar-refractivity contribution is -0.124. The molecule has 1 fully saturated rings. The van der Waals surface area contributed by atoms with Crippen molar-refractivity contribution >= 4 is 18.1 Å². The summed E-state index contributed by atoms with van der Waals surface area (Å²) in [6, 6.07) is 3.85. The first-order chi connectivity index (χ1) is 14.1.